The van der Waals surface area contributed by atoms with E-state index in [4.69, 9.17) is 11.6 Å². The van der Waals surface area contributed by atoms with E-state index in [9.17, 15) is 4.79 Å². The third-order valence-corrected chi connectivity index (χ3v) is 3.73. The van der Waals surface area contributed by atoms with Crippen molar-refractivity contribution in [2.75, 3.05) is 5.32 Å². The maximum atomic E-state index is 12.3. The van der Waals surface area contributed by atoms with E-state index in [1.165, 1.54) is 0 Å². The van der Waals surface area contributed by atoms with Crippen molar-refractivity contribution in [2.24, 2.45) is 0 Å². The normalized spacial score (nSPS) is 10.8. The van der Waals surface area contributed by atoms with Gasteiger partial charge in [-0.25, -0.2) is 4.98 Å². The fourth-order valence-corrected chi connectivity index (χ4v) is 2.58. The van der Waals surface area contributed by atoms with E-state index in [0.29, 0.717) is 5.02 Å². The van der Waals surface area contributed by atoms with E-state index in [1.54, 1.807) is 24.3 Å². The molecule has 0 aliphatic rings. The molecule has 0 aliphatic carbocycles. The van der Waals surface area contributed by atoms with Crippen LogP contribution in [-0.4, -0.2) is 15.5 Å². The molecule has 0 saturated heterocycles. The molecule has 1 aromatic heterocycles. The van der Waals surface area contributed by atoms with Gasteiger partial charge < -0.3 is 9.88 Å². The Bertz CT molecular complexity index is 808. The second-order valence-corrected chi connectivity index (χ2v) is 5.45. The molecule has 4 nitrogen and oxygen atoms in total. The molecule has 0 saturated carbocycles. The van der Waals surface area contributed by atoms with Gasteiger partial charge in [-0.3, -0.25) is 4.79 Å². The highest BCUT2D eigenvalue weighted by molar-refractivity contribution is 6.30. The van der Waals surface area contributed by atoms with Crippen LogP contribution in [0.4, 0.5) is 5.69 Å². The molecule has 0 spiro atoms. The topological polar surface area (TPSA) is 46.9 Å². The third kappa shape index (κ3) is 2.97. The molecule has 0 atom stereocenters. The lowest BCUT2D eigenvalue weighted by Crippen LogP contribution is -2.20. The van der Waals surface area contributed by atoms with Gasteiger partial charge >= 0.3 is 0 Å². The zero-order valence-electron chi connectivity index (χ0n) is 12.2. The first-order valence-electron chi connectivity index (χ1n) is 7.17. The average Bonchev–Trinajstić information content (AvgIpc) is 2.87. The number of hydrogen-bond donors (Lipinski definition) is 1. The van der Waals surface area contributed by atoms with Gasteiger partial charge in [-0.2, -0.15) is 0 Å². The number of aryl methyl sites for hydroxylation is 1. The van der Waals surface area contributed by atoms with Crippen LogP contribution in [0.3, 0.4) is 0 Å². The minimum atomic E-state index is -0.0832. The van der Waals surface area contributed by atoms with Crippen LogP contribution < -0.4 is 5.32 Å². The van der Waals surface area contributed by atoms with Crippen LogP contribution in [0.5, 0.6) is 0 Å². The summed E-state index contributed by atoms with van der Waals surface area (Å²) < 4.78 is 1.96. The van der Waals surface area contributed by atoms with Crippen LogP contribution in [0, 0.1) is 0 Å². The zero-order valence-corrected chi connectivity index (χ0v) is 13.0. The second-order valence-electron chi connectivity index (χ2n) is 5.01. The Kier molecular flexibility index (Phi) is 4.11. The molecule has 1 N–H and O–H groups in total. The van der Waals surface area contributed by atoms with Crippen LogP contribution in [0.15, 0.2) is 48.5 Å². The quantitative estimate of drug-likeness (QED) is 0.794. The molecule has 0 bridgehead atoms. The maximum absolute atomic E-state index is 12.3. The summed E-state index contributed by atoms with van der Waals surface area (Å²) in [7, 11) is 0. The smallest absolute Gasteiger partial charge is 0.244 e. The Hall–Kier alpha value is -2.33. The number of aromatic nitrogens is 2. The van der Waals surface area contributed by atoms with E-state index in [2.05, 4.69) is 10.3 Å². The molecule has 3 aromatic rings. The highest BCUT2D eigenvalue weighted by Gasteiger charge is 2.12. The number of benzene rings is 2. The van der Waals surface area contributed by atoms with Crippen molar-refractivity contribution in [3.05, 3.63) is 59.4 Å². The SMILES string of the molecule is CCc1nc2ccccc2n1CC(=O)Nc1ccc(Cl)cc1. The van der Waals surface area contributed by atoms with Crippen molar-refractivity contribution < 1.29 is 4.79 Å². The first-order valence-corrected chi connectivity index (χ1v) is 7.54. The average molecular weight is 314 g/mol. The predicted octanol–water partition coefficient (Wildman–Crippen LogP) is 3.89. The number of anilines is 1. The molecule has 3 rings (SSSR count). The van der Waals surface area contributed by atoms with Gasteiger partial charge in [-0.1, -0.05) is 30.7 Å². The van der Waals surface area contributed by atoms with Crippen molar-refractivity contribution in [3.63, 3.8) is 0 Å². The van der Waals surface area contributed by atoms with Gasteiger partial charge in [0.25, 0.3) is 0 Å². The number of nitrogens with zero attached hydrogens (tertiary/aromatic N) is 2. The van der Waals surface area contributed by atoms with E-state index in [0.717, 1.165) is 29.0 Å². The summed E-state index contributed by atoms with van der Waals surface area (Å²) in [6, 6.07) is 14.9. The van der Waals surface area contributed by atoms with Gasteiger partial charge in [-0.15, -0.1) is 0 Å². The Morgan fingerprint density at radius 2 is 1.91 bits per heavy atom. The van der Waals surface area contributed by atoms with Gasteiger partial charge in [0.2, 0.25) is 5.91 Å². The Morgan fingerprint density at radius 3 is 2.64 bits per heavy atom. The van der Waals surface area contributed by atoms with E-state index < -0.39 is 0 Å². The maximum Gasteiger partial charge on any atom is 0.244 e. The van der Waals surface area contributed by atoms with E-state index >= 15 is 0 Å². The molecule has 1 heterocycles. The summed E-state index contributed by atoms with van der Waals surface area (Å²) in [6.07, 6.45) is 0.781. The van der Waals surface area contributed by atoms with Crippen LogP contribution >= 0.6 is 11.6 Å². The van der Waals surface area contributed by atoms with Gasteiger partial charge in [0.15, 0.2) is 0 Å². The number of fused-ring (bicyclic) bond motifs is 1. The van der Waals surface area contributed by atoms with Gasteiger partial charge in [0.1, 0.15) is 12.4 Å². The second kappa shape index (κ2) is 6.20. The Morgan fingerprint density at radius 1 is 1.18 bits per heavy atom. The first-order chi connectivity index (χ1) is 10.7. The van der Waals surface area contributed by atoms with Crippen molar-refractivity contribution >= 4 is 34.2 Å². The van der Waals surface area contributed by atoms with Crippen LogP contribution in [0.25, 0.3) is 11.0 Å². The molecule has 0 fully saturated rings. The standard InChI is InChI=1S/C17H16ClN3O/c1-2-16-20-14-5-3-4-6-15(14)21(16)11-17(22)19-13-9-7-12(18)8-10-13/h3-10H,2,11H2,1H3,(H,19,22). The molecule has 22 heavy (non-hydrogen) atoms. The number of para-hydroxylation sites is 2. The highest BCUT2D eigenvalue weighted by atomic mass is 35.5. The lowest BCUT2D eigenvalue weighted by atomic mass is 10.3. The fraction of sp³-hybridized carbons (Fsp3) is 0.176. The fourth-order valence-electron chi connectivity index (χ4n) is 2.45. The Labute approximate surface area is 133 Å². The largest absolute Gasteiger partial charge is 0.325 e. The summed E-state index contributed by atoms with van der Waals surface area (Å²) in [5, 5.41) is 3.52. The number of rotatable bonds is 4. The van der Waals surface area contributed by atoms with Gasteiger partial charge in [0.05, 0.1) is 11.0 Å². The van der Waals surface area contributed by atoms with Gasteiger partial charge in [0, 0.05) is 17.1 Å². The van der Waals surface area contributed by atoms with Crippen molar-refractivity contribution in [1.29, 1.82) is 0 Å². The summed E-state index contributed by atoms with van der Waals surface area (Å²) in [4.78, 5) is 16.9. The number of amides is 1. The Balaban J connectivity index is 1.83. The summed E-state index contributed by atoms with van der Waals surface area (Å²) >= 11 is 5.84. The lowest BCUT2D eigenvalue weighted by molar-refractivity contribution is -0.116. The number of carbonyl (C=O) groups is 1. The lowest BCUT2D eigenvalue weighted by Gasteiger charge is -2.09. The number of nitrogens with one attached hydrogen (secondary N) is 1. The van der Waals surface area contributed by atoms with Crippen LogP contribution in [0.2, 0.25) is 5.02 Å². The summed E-state index contributed by atoms with van der Waals surface area (Å²) in [5.74, 6) is 0.827. The molecule has 5 heteroatoms. The van der Waals surface area contributed by atoms with Crippen LogP contribution in [0.1, 0.15) is 12.7 Å². The highest BCUT2D eigenvalue weighted by Crippen LogP contribution is 2.17. The van der Waals surface area contributed by atoms with Gasteiger partial charge in [-0.05, 0) is 36.4 Å². The molecular formula is C17H16ClN3O. The molecular weight excluding hydrogens is 298 g/mol. The minimum absolute atomic E-state index is 0.0832. The molecule has 1 amide bonds. The molecule has 0 unspecified atom stereocenters. The number of hydrogen-bond acceptors (Lipinski definition) is 2. The summed E-state index contributed by atoms with van der Waals surface area (Å²) in [6.45, 7) is 2.28. The monoisotopic (exact) mass is 313 g/mol. The third-order valence-electron chi connectivity index (χ3n) is 3.48. The predicted molar refractivity (Wildman–Crippen MR) is 89.2 cm³/mol. The van der Waals surface area contributed by atoms with Crippen molar-refractivity contribution in [3.8, 4) is 0 Å². The van der Waals surface area contributed by atoms with Crippen molar-refractivity contribution in [1.82, 2.24) is 9.55 Å². The molecule has 2 aromatic carbocycles. The molecule has 0 aliphatic heterocycles. The van der Waals surface area contributed by atoms with Crippen LogP contribution in [-0.2, 0) is 17.8 Å². The van der Waals surface area contributed by atoms with Crippen molar-refractivity contribution in [2.45, 2.75) is 19.9 Å². The number of halogens is 1. The first kappa shape index (κ1) is 14.6. The minimum Gasteiger partial charge on any atom is -0.325 e. The van der Waals surface area contributed by atoms with E-state index in [1.807, 2.05) is 35.8 Å². The number of imidazole rings is 1. The molecule has 0 radical (unpaired) electrons. The summed E-state index contributed by atoms with van der Waals surface area (Å²) in [5.41, 5.74) is 2.63. The zero-order chi connectivity index (χ0) is 15.5. The van der Waals surface area contributed by atoms with E-state index in [-0.39, 0.29) is 12.5 Å². The molecule has 112 valence electrons. The number of carbonyl (C=O) groups excluding carboxylic acids is 1.